The Morgan fingerprint density at radius 1 is 1.19 bits per heavy atom. The number of hydrogen-bond acceptors (Lipinski definition) is 3. The summed E-state index contributed by atoms with van der Waals surface area (Å²) in [7, 11) is 0. The van der Waals surface area contributed by atoms with Crippen molar-refractivity contribution in [3.8, 4) is 5.75 Å². The molecule has 1 saturated heterocycles. The Hall–Kier alpha value is -2.59. The highest BCUT2D eigenvalue weighted by atomic mass is 16.5. The Kier molecular flexibility index (Phi) is 4.52. The molecule has 4 rings (SSSR count). The first-order valence-electron chi connectivity index (χ1n) is 9.54. The van der Waals surface area contributed by atoms with Gasteiger partial charge in [-0.05, 0) is 37.0 Å². The first kappa shape index (κ1) is 17.8. The van der Waals surface area contributed by atoms with E-state index < -0.39 is 0 Å². The van der Waals surface area contributed by atoms with Crippen molar-refractivity contribution in [3.63, 3.8) is 0 Å². The summed E-state index contributed by atoms with van der Waals surface area (Å²) in [5.41, 5.74) is 10.9. The molecule has 0 saturated carbocycles. The van der Waals surface area contributed by atoms with Crippen molar-refractivity contribution in [2.24, 2.45) is 5.73 Å². The Morgan fingerprint density at radius 2 is 1.89 bits per heavy atom. The maximum absolute atomic E-state index is 12.9. The van der Waals surface area contributed by atoms with Gasteiger partial charge in [-0.3, -0.25) is 4.79 Å². The normalized spacial score (nSPS) is 17.5. The number of carbonyl (C=O) groups is 1. The molecule has 0 radical (unpaired) electrons. The minimum absolute atomic E-state index is 0.00247. The van der Waals surface area contributed by atoms with Crippen LogP contribution in [0.25, 0.3) is 5.57 Å². The zero-order chi connectivity index (χ0) is 19.0. The Labute approximate surface area is 160 Å². The van der Waals surface area contributed by atoms with Crippen molar-refractivity contribution in [3.05, 3.63) is 71.3 Å². The molecule has 1 amide bonds. The summed E-state index contributed by atoms with van der Waals surface area (Å²) in [5.74, 6) is 1.000. The SMILES string of the molecule is C=C(C(=O)N1CCC2(CC1)COc1ccc(CN)cc12)c1ccc(C)cc1. The fourth-order valence-electron chi connectivity index (χ4n) is 4.16. The minimum atomic E-state index is 0.00247. The van der Waals surface area contributed by atoms with Crippen LogP contribution in [0.4, 0.5) is 0 Å². The van der Waals surface area contributed by atoms with Crippen molar-refractivity contribution >= 4 is 11.5 Å². The predicted octanol–water partition coefficient (Wildman–Crippen LogP) is 3.42. The molecule has 1 fully saturated rings. The van der Waals surface area contributed by atoms with E-state index in [4.69, 9.17) is 10.5 Å². The molecule has 4 heteroatoms. The van der Waals surface area contributed by atoms with E-state index in [2.05, 4.69) is 12.6 Å². The van der Waals surface area contributed by atoms with Crippen molar-refractivity contribution in [1.82, 2.24) is 4.90 Å². The van der Waals surface area contributed by atoms with Crippen LogP contribution in [0.1, 0.15) is 35.1 Å². The summed E-state index contributed by atoms with van der Waals surface area (Å²) in [6, 6.07) is 14.2. The van der Waals surface area contributed by atoms with Crippen LogP contribution in [-0.4, -0.2) is 30.5 Å². The first-order valence-corrected chi connectivity index (χ1v) is 9.54. The third kappa shape index (κ3) is 3.15. The molecule has 0 aromatic heterocycles. The van der Waals surface area contributed by atoms with Gasteiger partial charge in [0.25, 0.3) is 5.91 Å². The highest BCUT2D eigenvalue weighted by molar-refractivity contribution is 6.18. The molecule has 2 aromatic carbocycles. The smallest absolute Gasteiger partial charge is 0.253 e. The maximum atomic E-state index is 12.9. The van der Waals surface area contributed by atoms with Gasteiger partial charge in [0.05, 0.1) is 6.61 Å². The number of hydrogen-bond donors (Lipinski definition) is 1. The Morgan fingerprint density at radius 3 is 2.56 bits per heavy atom. The lowest BCUT2D eigenvalue weighted by atomic mass is 9.74. The molecule has 2 aliphatic rings. The van der Waals surface area contributed by atoms with Crippen LogP contribution < -0.4 is 10.5 Å². The van der Waals surface area contributed by atoms with Crippen LogP contribution in [0.3, 0.4) is 0 Å². The number of piperidine rings is 1. The van der Waals surface area contributed by atoms with Crippen molar-refractivity contribution in [2.45, 2.75) is 31.7 Å². The molecule has 2 aromatic rings. The maximum Gasteiger partial charge on any atom is 0.253 e. The van der Waals surface area contributed by atoms with Gasteiger partial charge in [-0.25, -0.2) is 0 Å². The van der Waals surface area contributed by atoms with E-state index in [-0.39, 0.29) is 11.3 Å². The molecule has 0 atom stereocenters. The van der Waals surface area contributed by atoms with E-state index in [0.29, 0.717) is 18.7 Å². The molecule has 27 heavy (non-hydrogen) atoms. The molecule has 0 unspecified atom stereocenters. The zero-order valence-electron chi connectivity index (χ0n) is 15.8. The van der Waals surface area contributed by atoms with Gasteiger partial charge in [0, 0.05) is 36.2 Å². The molecule has 2 heterocycles. The average Bonchev–Trinajstić information content (AvgIpc) is 3.05. The molecule has 4 nitrogen and oxygen atoms in total. The second-order valence-corrected chi connectivity index (χ2v) is 7.74. The third-order valence-corrected chi connectivity index (χ3v) is 6.02. The van der Waals surface area contributed by atoms with Crippen LogP contribution in [0, 0.1) is 6.92 Å². The Bertz CT molecular complexity index is 878. The number of amides is 1. The third-order valence-electron chi connectivity index (χ3n) is 6.02. The summed E-state index contributed by atoms with van der Waals surface area (Å²) in [6.07, 6.45) is 1.81. The predicted molar refractivity (Wildman–Crippen MR) is 108 cm³/mol. The quantitative estimate of drug-likeness (QED) is 0.851. The topological polar surface area (TPSA) is 55.6 Å². The number of likely N-dealkylation sites (tertiary alicyclic amines) is 1. The summed E-state index contributed by atoms with van der Waals surface area (Å²) < 4.78 is 5.95. The van der Waals surface area contributed by atoms with Gasteiger partial charge in [-0.15, -0.1) is 0 Å². The second-order valence-electron chi connectivity index (χ2n) is 7.74. The number of fused-ring (bicyclic) bond motifs is 2. The fourth-order valence-corrected chi connectivity index (χ4v) is 4.16. The van der Waals surface area contributed by atoms with Crippen molar-refractivity contribution in [2.75, 3.05) is 19.7 Å². The number of benzene rings is 2. The van der Waals surface area contributed by atoms with Gasteiger partial charge in [0.2, 0.25) is 0 Å². The van der Waals surface area contributed by atoms with E-state index in [1.807, 2.05) is 48.2 Å². The second kappa shape index (κ2) is 6.86. The van der Waals surface area contributed by atoms with Crippen LogP contribution >= 0.6 is 0 Å². The van der Waals surface area contributed by atoms with Crippen LogP contribution in [-0.2, 0) is 16.8 Å². The number of ether oxygens (including phenoxy) is 1. The lowest BCUT2D eigenvalue weighted by molar-refractivity contribution is -0.126. The first-order chi connectivity index (χ1) is 13.0. The molecular formula is C23H26N2O2. The van der Waals surface area contributed by atoms with Crippen molar-refractivity contribution < 1.29 is 9.53 Å². The molecular weight excluding hydrogens is 336 g/mol. The van der Waals surface area contributed by atoms with Crippen LogP contribution in [0.15, 0.2) is 49.0 Å². The number of aryl methyl sites for hydroxylation is 1. The van der Waals surface area contributed by atoms with Gasteiger partial charge >= 0.3 is 0 Å². The standard InChI is InChI=1S/C23H26N2O2/c1-16-3-6-19(7-4-16)17(2)22(26)25-11-9-23(10-12-25)15-27-21-8-5-18(14-24)13-20(21)23/h3-8,13H,2,9-12,14-15,24H2,1H3. The number of nitrogens with two attached hydrogens (primary N) is 1. The van der Waals surface area contributed by atoms with E-state index in [1.54, 1.807) is 0 Å². The van der Waals surface area contributed by atoms with Gasteiger partial charge in [0.1, 0.15) is 5.75 Å². The monoisotopic (exact) mass is 362 g/mol. The number of carbonyl (C=O) groups excluding carboxylic acids is 1. The van der Waals surface area contributed by atoms with Crippen LogP contribution in [0.2, 0.25) is 0 Å². The molecule has 2 N–H and O–H groups in total. The Balaban J connectivity index is 1.48. The number of rotatable bonds is 3. The zero-order valence-corrected chi connectivity index (χ0v) is 15.8. The average molecular weight is 362 g/mol. The molecule has 140 valence electrons. The van der Waals surface area contributed by atoms with Gasteiger partial charge in [-0.2, -0.15) is 0 Å². The van der Waals surface area contributed by atoms with Gasteiger partial charge < -0.3 is 15.4 Å². The van der Waals surface area contributed by atoms with Crippen molar-refractivity contribution in [1.29, 1.82) is 0 Å². The van der Waals surface area contributed by atoms with E-state index in [0.717, 1.165) is 42.8 Å². The fraction of sp³-hybridized carbons (Fsp3) is 0.348. The van der Waals surface area contributed by atoms with Gasteiger partial charge in [-0.1, -0.05) is 48.5 Å². The lowest BCUT2D eigenvalue weighted by Gasteiger charge is -2.39. The molecule has 2 aliphatic heterocycles. The highest BCUT2D eigenvalue weighted by Crippen LogP contribution is 2.46. The highest BCUT2D eigenvalue weighted by Gasteiger charge is 2.44. The van der Waals surface area contributed by atoms with E-state index >= 15 is 0 Å². The number of nitrogens with zero attached hydrogens (tertiary/aromatic N) is 1. The molecule has 0 aliphatic carbocycles. The molecule has 1 spiro atoms. The van der Waals surface area contributed by atoms with Gasteiger partial charge in [0.15, 0.2) is 0 Å². The minimum Gasteiger partial charge on any atom is -0.492 e. The summed E-state index contributed by atoms with van der Waals surface area (Å²) in [5, 5.41) is 0. The summed E-state index contributed by atoms with van der Waals surface area (Å²) in [4.78, 5) is 14.8. The van der Waals surface area contributed by atoms with Crippen LogP contribution in [0.5, 0.6) is 5.75 Å². The lowest BCUT2D eigenvalue weighted by Crippen LogP contribution is -2.46. The summed E-state index contributed by atoms with van der Waals surface area (Å²) >= 11 is 0. The summed E-state index contributed by atoms with van der Waals surface area (Å²) in [6.45, 7) is 8.75. The van der Waals surface area contributed by atoms with E-state index in [9.17, 15) is 4.79 Å². The largest absolute Gasteiger partial charge is 0.492 e. The molecule has 0 bridgehead atoms. The van der Waals surface area contributed by atoms with E-state index in [1.165, 1.54) is 11.1 Å².